The Morgan fingerprint density at radius 1 is 1.35 bits per heavy atom. The van der Waals surface area contributed by atoms with E-state index in [1.54, 1.807) is 38.1 Å². The number of hydrogen-bond acceptors (Lipinski definition) is 7. The summed E-state index contributed by atoms with van der Waals surface area (Å²) in [6.07, 6.45) is 0. The van der Waals surface area contributed by atoms with Crippen molar-refractivity contribution in [2.45, 2.75) is 31.2 Å². The van der Waals surface area contributed by atoms with Crippen molar-refractivity contribution in [1.29, 1.82) is 0 Å². The fourth-order valence-electron chi connectivity index (χ4n) is 2.01. The van der Waals surface area contributed by atoms with Gasteiger partial charge in [0.1, 0.15) is 10.9 Å². The third-order valence-electron chi connectivity index (χ3n) is 3.38. The molecule has 26 heavy (non-hydrogen) atoms. The highest BCUT2D eigenvalue weighted by atomic mass is 32.2. The molecule has 1 amide bonds. The maximum atomic E-state index is 12.2. The molecular weight excluding hydrogens is 356 g/mol. The van der Waals surface area contributed by atoms with Crippen LogP contribution >= 0.6 is 11.8 Å². The molecule has 0 saturated heterocycles. The minimum absolute atomic E-state index is 0.132. The molecule has 0 fully saturated rings. The number of carbonyl (C=O) groups is 2. The summed E-state index contributed by atoms with van der Waals surface area (Å²) in [5.41, 5.74) is 6.48. The molecule has 1 aromatic heterocycles. The van der Waals surface area contributed by atoms with Crippen molar-refractivity contribution in [3.8, 4) is 0 Å². The molecule has 1 atom stereocenters. The standard InChI is InChI=1S/C17H20N4O4S/c1-4-25-16(24)10(3)26-17-20-13(18)12(15(23)21-17)19-14(22)11-7-5-9(2)6-8-11/h5-8,10H,4H2,1-3H3,(H,19,22)(H3,18,20,21,23)/t10-/m0/s1. The summed E-state index contributed by atoms with van der Waals surface area (Å²) in [7, 11) is 0. The number of thioether (sulfide) groups is 1. The summed E-state index contributed by atoms with van der Waals surface area (Å²) in [6.45, 7) is 5.51. The van der Waals surface area contributed by atoms with E-state index in [0.29, 0.717) is 5.56 Å². The second-order valence-corrected chi connectivity index (χ2v) is 6.79. The molecule has 0 aliphatic carbocycles. The minimum atomic E-state index is -0.600. The Bertz CT molecular complexity index is 864. The first-order valence-electron chi connectivity index (χ1n) is 7.93. The van der Waals surface area contributed by atoms with E-state index in [-0.39, 0.29) is 23.3 Å². The summed E-state index contributed by atoms with van der Waals surface area (Å²) in [6, 6.07) is 6.87. The lowest BCUT2D eigenvalue weighted by Crippen LogP contribution is -2.24. The molecule has 1 aromatic carbocycles. The number of nitrogens with zero attached hydrogens (tertiary/aromatic N) is 1. The zero-order valence-electron chi connectivity index (χ0n) is 14.7. The van der Waals surface area contributed by atoms with Crippen molar-refractivity contribution in [2.24, 2.45) is 0 Å². The summed E-state index contributed by atoms with van der Waals surface area (Å²) >= 11 is 1.01. The van der Waals surface area contributed by atoms with Crippen molar-refractivity contribution >= 4 is 35.1 Å². The topological polar surface area (TPSA) is 127 Å². The van der Waals surface area contributed by atoms with Crippen molar-refractivity contribution < 1.29 is 14.3 Å². The average Bonchev–Trinajstić information content (AvgIpc) is 2.58. The number of nitrogen functional groups attached to an aromatic ring is 1. The molecule has 1 heterocycles. The van der Waals surface area contributed by atoms with E-state index in [0.717, 1.165) is 17.3 Å². The van der Waals surface area contributed by atoms with Gasteiger partial charge in [-0.15, -0.1) is 0 Å². The summed E-state index contributed by atoms with van der Waals surface area (Å²) in [5, 5.41) is 2.07. The number of aromatic nitrogens is 2. The molecule has 8 nitrogen and oxygen atoms in total. The van der Waals surface area contributed by atoms with Crippen molar-refractivity contribution in [2.75, 3.05) is 17.7 Å². The van der Waals surface area contributed by atoms with Gasteiger partial charge in [-0.25, -0.2) is 4.98 Å². The molecule has 0 spiro atoms. The Balaban J connectivity index is 2.16. The van der Waals surface area contributed by atoms with Crippen LogP contribution in [0.5, 0.6) is 0 Å². The summed E-state index contributed by atoms with van der Waals surface area (Å²) in [4.78, 5) is 42.7. The van der Waals surface area contributed by atoms with E-state index < -0.39 is 22.7 Å². The fourth-order valence-corrected chi connectivity index (χ4v) is 2.81. The van der Waals surface area contributed by atoms with Gasteiger partial charge in [-0.3, -0.25) is 19.4 Å². The average molecular weight is 376 g/mol. The first kappa shape index (κ1) is 19.5. The molecule has 0 aliphatic rings. The van der Waals surface area contributed by atoms with E-state index in [1.807, 2.05) is 6.92 Å². The quantitative estimate of drug-likeness (QED) is 0.399. The number of carbonyl (C=O) groups excluding carboxylic acids is 2. The Morgan fingerprint density at radius 2 is 2.00 bits per heavy atom. The van der Waals surface area contributed by atoms with Gasteiger partial charge in [-0.1, -0.05) is 29.5 Å². The van der Waals surface area contributed by atoms with Crippen LogP contribution in [-0.4, -0.2) is 33.7 Å². The molecule has 4 N–H and O–H groups in total. The van der Waals surface area contributed by atoms with Crippen LogP contribution in [0.2, 0.25) is 0 Å². The molecule has 0 bridgehead atoms. The molecule has 2 rings (SSSR count). The van der Waals surface area contributed by atoms with Crippen LogP contribution in [0.1, 0.15) is 29.8 Å². The molecule has 9 heteroatoms. The van der Waals surface area contributed by atoms with Crippen molar-refractivity contribution in [3.05, 3.63) is 45.7 Å². The molecule has 0 unspecified atom stereocenters. The molecular formula is C17H20N4O4S. The number of ether oxygens (including phenoxy) is 1. The van der Waals surface area contributed by atoms with Crippen molar-refractivity contribution in [3.63, 3.8) is 0 Å². The van der Waals surface area contributed by atoms with Gasteiger partial charge >= 0.3 is 5.97 Å². The second-order valence-electron chi connectivity index (χ2n) is 5.46. The highest BCUT2D eigenvalue weighted by Gasteiger charge is 2.19. The monoisotopic (exact) mass is 376 g/mol. The summed E-state index contributed by atoms with van der Waals surface area (Å²) < 4.78 is 4.90. The van der Waals surface area contributed by atoms with Crippen LogP contribution in [0.15, 0.2) is 34.2 Å². The van der Waals surface area contributed by atoms with E-state index in [2.05, 4.69) is 15.3 Å². The maximum absolute atomic E-state index is 12.2. The third-order valence-corrected chi connectivity index (χ3v) is 4.35. The lowest BCUT2D eigenvalue weighted by Gasteiger charge is -2.11. The minimum Gasteiger partial charge on any atom is -0.465 e. The van der Waals surface area contributed by atoms with Crippen LogP contribution in [0, 0.1) is 6.92 Å². The SMILES string of the molecule is CCOC(=O)[C@H](C)Sc1nc(N)c(NC(=O)c2ccc(C)cc2)c(=O)[nH]1. The van der Waals surface area contributed by atoms with Gasteiger partial charge in [0.05, 0.1) is 6.61 Å². The van der Waals surface area contributed by atoms with Crippen LogP contribution in [-0.2, 0) is 9.53 Å². The first-order chi connectivity index (χ1) is 12.3. The lowest BCUT2D eigenvalue weighted by atomic mass is 10.1. The third kappa shape index (κ3) is 4.85. The Kier molecular flexibility index (Phi) is 6.40. The van der Waals surface area contributed by atoms with Gasteiger partial charge < -0.3 is 15.8 Å². The number of amides is 1. The molecule has 0 radical (unpaired) electrons. The largest absolute Gasteiger partial charge is 0.465 e. The van der Waals surface area contributed by atoms with E-state index >= 15 is 0 Å². The van der Waals surface area contributed by atoms with Crippen LogP contribution in [0.25, 0.3) is 0 Å². The maximum Gasteiger partial charge on any atom is 0.319 e. The lowest BCUT2D eigenvalue weighted by molar-refractivity contribution is -0.142. The van der Waals surface area contributed by atoms with Crippen LogP contribution < -0.4 is 16.6 Å². The molecule has 2 aromatic rings. The number of nitrogens with two attached hydrogens (primary N) is 1. The highest BCUT2D eigenvalue weighted by molar-refractivity contribution is 8.00. The predicted octanol–water partition coefficient (Wildman–Crippen LogP) is 1.96. The molecule has 0 aliphatic heterocycles. The van der Waals surface area contributed by atoms with Crippen LogP contribution in [0.3, 0.4) is 0 Å². The van der Waals surface area contributed by atoms with E-state index in [9.17, 15) is 14.4 Å². The zero-order valence-corrected chi connectivity index (χ0v) is 15.5. The number of anilines is 2. The Hall–Kier alpha value is -2.81. The van der Waals surface area contributed by atoms with Gasteiger partial charge in [0.25, 0.3) is 11.5 Å². The van der Waals surface area contributed by atoms with Gasteiger partial charge in [0.2, 0.25) is 0 Å². The molecule has 138 valence electrons. The van der Waals surface area contributed by atoms with Crippen molar-refractivity contribution in [1.82, 2.24) is 9.97 Å². The Labute approximate surface area is 154 Å². The number of aromatic amines is 1. The number of H-pyrrole nitrogens is 1. The predicted molar refractivity (Wildman–Crippen MR) is 100 cm³/mol. The van der Waals surface area contributed by atoms with Crippen LogP contribution in [0.4, 0.5) is 11.5 Å². The van der Waals surface area contributed by atoms with Gasteiger partial charge in [0.15, 0.2) is 11.0 Å². The first-order valence-corrected chi connectivity index (χ1v) is 8.81. The van der Waals surface area contributed by atoms with Gasteiger partial charge in [-0.2, -0.15) is 0 Å². The number of benzene rings is 1. The zero-order chi connectivity index (χ0) is 19.3. The highest BCUT2D eigenvalue weighted by Crippen LogP contribution is 2.22. The van der Waals surface area contributed by atoms with E-state index in [4.69, 9.17) is 10.5 Å². The number of hydrogen-bond donors (Lipinski definition) is 3. The number of aryl methyl sites for hydroxylation is 1. The van der Waals surface area contributed by atoms with Gasteiger partial charge in [-0.05, 0) is 32.9 Å². The second kappa shape index (κ2) is 8.52. The fraction of sp³-hybridized carbons (Fsp3) is 0.294. The number of nitrogens with one attached hydrogen (secondary N) is 2. The number of rotatable bonds is 6. The van der Waals surface area contributed by atoms with Gasteiger partial charge in [0, 0.05) is 5.56 Å². The summed E-state index contributed by atoms with van der Waals surface area (Å²) in [5.74, 6) is -1.02. The molecule has 0 saturated carbocycles. The normalized spacial score (nSPS) is 11.7. The smallest absolute Gasteiger partial charge is 0.319 e. The Morgan fingerprint density at radius 3 is 2.58 bits per heavy atom. The van der Waals surface area contributed by atoms with E-state index in [1.165, 1.54) is 0 Å². The number of esters is 1.